The van der Waals surface area contributed by atoms with Gasteiger partial charge in [-0.3, -0.25) is 14.5 Å². The Labute approximate surface area is 139 Å². The number of carbonyl (C=O) groups is 1. The third-order valence-electron chi connectivity index (χ3n) is 5.39. The number of aromatic amines is 1. The molecule has 0 saturated carbocycles. The number of fused-ring (bicyclic) bond motifs is 2. The molecule has 0 amide bonds. The first-order valence-corrected chi connectivity index (χ1v) is 8.23. The van der Waals surface area contributed by atoms with E-state index in [9.17, 15) is 14.7 Å². The number of rotatable bonds is 3. The van der Waals surface area contributed by atoms with Gasteiger partial charge in [0.15, 0.2) is 5.43 Å². The maximum Gasteiger partial charge on any atom is 0.311 e. The van der Waals surface area contributed by atoms with Crippen molar-refractivity contribution in [2.45, 2.75) is 13.0 Å². The summed E-state index contributed by atoms with van der Waals surface area (Å²) in [5, 5.41) is 10.4. The number of pyridine rings is 1. The van der Waals surface area contributed by atoms with Gasteiger partial charge in [-0.25, -0.2) is 0 Å². The van der Waals surface area contributed by atoms with Crippen LogP contribution in [0.3, 0.4) is 0 Å². The molecule has 0 bridgehead atoms. The molecular weight excluding hydrogens is 308 g/mol. The van der Waals surface area contributed by atoms with Gasteiger partial charge in [0.05, 0.1) is 12.0 Å². The smallest absolute Gasteiger partial charge is 0.311 e. The number of benzene rings is 1. The molecule has 0 spiro atoms. The van der Waals surface area contributed by atoms with E-state index < -0.39 is 11.4 Å². The molecule has 4 rings (SSSR count). The quantitative estimate of drug-likeness (QED) is 0.891. The molecule has 0 aliphatic carbocycles. The van der Waals surface area contributed by atoms with Crippen LogP contribution in [0.4, 0.5) is 0 Å². The van der Waals surface area contributed by atoms with Gasteiger partial charge >= 0.3 is 5.97 Å². The van der Waals surface area contributed by atoms with Gasteiger partial charge in [0.1, 0.15) is 0 Å². The number of aromatic nitrogens is 1. The molecule has 2 aliphatic rings. The Hall–Kier alpha value is -2.18. The zero-order valence-electron chi connectivity index (χ0n) is 13.3. The van der Waals surface area contributed by atoms with Crippen molar-refractivity contribution in [2.24, 2.45) is 11.3 Å². The topological polar surface area (TPSA) is 82.6 Å². The van der Waals surface area contributed by atoms with Crippen LogP contribution in [-0.2, 0) is 16.1 Å². The van der Waals surface area contributed by atoms with Crippen molar-refractivity contribution in [2.75, 3.05) is 26.3 Å². The summed E-state index contributed by atoms with van der Waals surface area (Å²) in [7, 11) is 0. The Morgan fingerprint density at radius 2 is 2.25 bits per heavy atom. The van der Waals surface area contributed by atoms with Gasteiger partial charge in [-0.2, -0.15) is 0 Å². The fraction of sp³-hybridized carbons (Fsp3) is 0.444. The monoisotopic (exact) mass is 328 g/mol. The number of aliphatic carboxylic acids is 1. The molecule has 24 heavy (non-hydrogen) atoms. The molecule has 3 heterocycles. The standard InChI is InChI=1S/C18H20N2O4/c21-16-7-13(19-15-4-2-1-3-14(15)16)9-20-8-12-10-24-6-5-18(12,11-20)17(22)23/h1-4,7,12H,5-6,8-11H2,(H,19,21)(H,22,23)/t12-,18+/m1/s1. The number of hydrogen-bond acceptors (Lipinski definition) is 4. The Bertz CT molecular complexity index is 846. The maximum absolute atomic E-state index is 12.2. The minimum Gasteiger partial charge on any atom is -0.481 e. The number of carboxylic acids is 1. The summed E-state index contributed by atoms with van der Waals surface area (Å²) in [6, 6.07) is 9.05. The molecule has 2 atom stereocenters. The third-order valence-corrected chi connectivity index (χ3v) is 5.39. The van der Waals surface area contributed by atoms with E-state index in [1.54, 1.807) is 12.1 Å². The number of carboxylic acid groups (broad SMARTS) is 1. The highest BCUT2D eigenvalue weighted by Gasteiger charge is 2.53. The van der Waals surface area contributed by atoms with E-state index in [2.05, 4.69) is 9.88 Å². The molecule has 2 fully saturated rings. The summed E-state index contributed by atoms with van der Waals surface area (Å²) < 4.78 is 5.49. The fourth-order valence-electron chi connectivity index (χ4n) is 4.10. The second-order valence-electron chi connectivity index (χ2n) is 6.86. The van der Waals surface area contributed by atoms with Crippen LogP contribution in [-0.4, -0.2) is 47.3 Å². The lowest BCUT2D eigenvalue weighted by atomic mass is 9.74. The first-order chi connectivity index (χ1) is 11.6. The van der Waals surface area contributed by atoms with Gasteiger partial charge in [0.25, 0.3) is 0 Å². The van der Waals surface area contributed by atoms with Gasteiger partial charge in [-0.05, 0) is 18.6 Å². The first-order valence-electron chi connectivity index (χ1n) is 8.23. The number of hydrogen-bond donors (Lipinski definition) is 2. The van der Waals surface area contributed by atoms with Crippen molar-refractivity contribution in [3.63, 3.8) is 0 Å². The number of para-hydroxylation sites is 1. The summed E-state index contributed by atoms with van der Waals surface area (Å²) in [6.07, 6.45) is 0.553. The van der Waals surface area contributed by atoms with Crippen molar-refractivity contribution in [1.82, 2.24) is 9.88 Å². The van der Waals surface area contributed by atoms with E-state index in [4.69, 9.17) is 4.74 Å². The highest BCUT2D eigenvalue weighted by atomic mass is 16.5. The molecule has 2 saturated heterocycles. The van der Waals surface area contributed by atoms with Gasteiger partial charge in [0.2, 0.25) is 0 Å². The van der Waals surface area contributed by atoms with Crippen molar-refractivity contribution in [3.05, 3.63) is 46.2 Å². The van der Waals surface area contributed by atoms with E-state index >= 15 is 0 Å². The molecule has 2 N–H and O–H groups in total. The van der Waals surface area contributed by atoms with Gasteiger partial charge in [-0.15, -0.1) is 0 Å². The SMILES string of the molecule is O=C(O)[C@]12CCOC[C@H]1CN(Cc1cc(=O)c3ccccc3[nH]1)C2. The molecule has 6 nitrogen and oxygen atoms in total. The van der Waals surface area contributed by atoms with Crippen LogP contribution >= 0.6 is 0 Å². The van der Waals surface area contributed by atoms with E-state index in [1.165, 1.54) is 0 Å². The summed E-state index contributed by atoms with van der Waals surface area (Å²) in [4.78, 5) is 29.5. The highest BCUT2D eigenvalue weighted by molar-refractivity contribution is 5.78. The number of nitrogens with one attached hydrogen (secondary N) is 1. The van der Waals surface area contributed by atoms with Crippen molar-refractivity contribution < 1.29 is 14.6 Å². The molecule has 1 aromatic heterocycles. The van der Waals surface area contributed by atoms with Crippen LogP contribution in [0.25, 0.3) is 10.9 Å². The Morgan fingerprint density at radius 1 is 1.42 bits per heavy atom. The molecule has 6 heteroatoms. The van der Waals surface area contributed by atoms with Crippen molar-refractivity contribution >= 4 is 16.9 Å². The molecule has 2 aliphatic heterocycles. The molecule has 2 aromatic rings. The molecule has 126 valence electrons. The number of likely N-dealkylation sites (tertiary alicyclic amines) is 1. The molecule has 0 unspecified atom stereocenters. The lowest BCUT2D eigenvalue weighted by Gasteiger charge is -2.34. The van der Waals surface area contributed by atoms with Crippen LogP contribution in [0.2, 0.25) is 0 Å². The van der Waals surface area contributed by atoms with E-state index in [-0.39, 0.29) is 11.3 Å². The van der Waals surface area contributed by atoms with Crippen LogP contribution in [0.1, 0.15) is 12.1 Å². The lowest BCUT2D eigenvalue weighted by Crippen LogP contribution is -2.44. The zero-order chi connectivity index (χ0) is 16.7. The second-order valence-corrected chi connectivity index (χ2v) is 6.86. The minimum atomic E-state index is -0.731. The Balaban J connectivity index is 1.60. The minimum absolute atomic E-state index is 0.00718. The normalized spacial score (nSPS) is 27.2. The lowest BCUT2D eigenvalue weighted by molar-refractivity contribution is -0.157. The second kappa shape index (κ2) is 5.72. The van der Waals surface area contributed by atoms with Crippen LogP contribution in [0.15, 0.2) is 35.1 Å². The van der Waals surface area contributed by atoms with Crippen molar-refractivity contribution in [3.8, 4) is 0 Å². The van der Waals surface area contributed by atoms with E-state index in [1.807, 2.05) is 18.2 Å². The van der Waals surface area contributed by atoms with E-state index in [0.29, 0.717) is 44.7 Å². The fourth-order valence-corrected chi connectivity index (χ4v) is 4.10. The summed E-state index contributed by atoms with van der Waals surface area (Å²) in [6.45, 7) is 2.73. The molecule has 1 aromatic carbocycles. The van der Waals surface area contributed by atoms with Crippen LogP contribution in [0.5, 0.6) is 0 Å². The Kier molecular flexibility index (Phi) is 3.66. The average molecular weight is 328 g/mol. The number of nitrogens with zero attached hydrogens (tertiary/aromatic N) is 1. The van der Waals surface area contributed by atoms with Crippen LogP contribution < -0.4 is 5.43 Å². The Morgan fingerprint density at radius 3 is 3.04 bits per heavy atom. The van der Waals surface area contributed by atoms with Gasteiger partial charge < -0.3 is 14.8 Å². The summed E-state index contributed by atoms with van der Waals surface area (Å²) in [5.41, 5.74) is 0.911. The predicted octanol–water partition coefficient (Wildman–Crippen LogP) is 1.45. The maximum atomic E-state index is 12.2. The number of ether oxygens (including phenoxy) is 1. The first kappa shape index (κ1) is 15.4. The predicted molar refractivity (Wildman–Crippen MR) is 88.8 cm³/mol. The molecular formula is C18H20N2O4. The average Bonchev–Trinajstić information content (AvgIpc) is 2.94. The van der Waals surface area contributed by atoms with Crippen LogP contribution in [0, 0.1) is 11.3 Å². The zero-order valence-corrected chi connectivity index (χ0v) is 13.3. The number of H-pyrrole nitrogens is 1. The summed E-state index contributed by atoms with van der Waals surface area (Å²) in [5.74, 6) is -0.721. The highest BCUT2D eigenvalue weighted by Crippen LogP contribution is 2.42. The third kappa shape index (κ3) is 2.42. The van der Waals surface area contributed by atoms with Crippen molar-refractivity contribution in [1.29, 1.82) is 0 Å². The van der Waals surface area contributed by atoms with E-state index in [0.717, 1.165) is 11.2 Å². The molecule has 0 radical (unpaired) electrons. The largest absolute Gasteiger partial charge is 0.481 e. The summed E-state index contributed by atoms with van der Waals surface area (Å²) >= 11 is 0. The van der Waals surface area contributed by atoms with Gasteiger partial charge in [0, 0.05) is 54.8 Å². The van der Waals surface area contributed by atoms with Gasteiger partial charge in [-0.1, -0.05) is 12.1 Å².